The number of carbonyl (C=O) groups excluding carboxylic acids is 2. The van der Waals surface area contributed by atoms with E-state index in [9.17, 15) is 9.59 Å². The molecule has 1 aromatic rings. The topological polar surface area (TPSA) is 84.2 Å². The lowest BCUT2D eigenvalue weighted by atomic mass is 10.2. The second kappa shape index (κ2) is 5.48. The number of benzene rings is 1. The van der Waals surface area contributed by atoms with Crippen molar-refractivity contribution in [2.24, 2.45) is 5.73 Å². The minimum absolute atomic E-state index is 0.0991. The van der Waals surface area contributed by atoms with E-state index >= 15 is 0 Å². The Hall–Kier alpha value is -1.59. The van der Waals surface area contributed by atoms with Gasteiger partial charge in [0.05, 0.1) is 17.3 Å². The maximum Gasteiger partial charge on any atom is 0.238 e. The van der Waals surface area contributed by atoms with Gasteiger partial charge in [0.2, 0.25) is 11.8 Å². The van der Waals surface area contributed by atoms with E-state index in [-0.39, 0.29) is 18.4 Å². The number of hydrogen-bond acceptors (Lipinski definition) is 3. The Morgan fingerprint density at radius 3 is 2.62 bits per heavy atom. The van der Waals surface area contributed by atoms with Crippen molar-refractivity contribution in [3.05, 3.63) is 23.2 Å². The molecule has 0 spiro atoms. The number of rotatable bonds is 3. The quantitative estimate of drug-likeness (QED) is 0.743. The SMILES string of the molecule is CC(=O)Nc1cc(NC(=O)CN)ccc1Cl. The maximum atomic E-state index is 11.0. The van der Waals surface area contributed by atoms with Crippen molar-refractivity contribution in [2.45, 2.75) is 6.92 Å². The average Bonchev–Trinajstić information content (AvgIpc) is 2.22. The second-order valence-electron chi connectivity index (χ2n) is 3.13. The monoisotopic (exact) mass is 241 g/mol. The fourth-order valence-electron chi connectivity index (χ4n) is 1.10. The molecule has 0 radical (unpaired) electrons. The van der Waals surface area contributed by atoms with Gasteiger partial charge in [0.15, 0.2) is 0 Å². The van der Waals surface area contributed by atoms with Crippen LogP contribution in [0.2, 0.25) is 5.02 Å². The van der Waals surface area contributed by atoms with Gasteiger partial charge in [-0.3, -0.25) is 9.59 Å². The first-order valence-corrected chi connectivity index (χ1v) is 4.98. The van der Waals surface area contributed by atoms with Crippen LogP contribution < -0.4 is 16.4 Å². The smallest absolute Gasteiger partial charge is 0.238 e. The van der Waals surface area contributed by atoms with Gasteiger partial charge in [-0.15, -0.1) is 0 Å². The molecule has 86 valence electrons. The van der Waals surface area contributed by atoms with Gasteiger partial charge < -0.3 is 16.4 Å². The van der Waals surface area contributed by atoms with E-state index in [4.69, 9.17) is 17.3 Å². The van der Waals surface area contributed by atoms with E-state index < -0.39 is 0 Å². The highest BCUT2D eigenvalue weighted by atomic mass is 35.5. The number of nitrogens with two attached hydrogens (primary N) is 1. The molecule has 1 rings (SSSR count). The third kappa shape index (κ3) is 3.52. The number of anilines is 2. The largest absolute Gasteiger partial charge is 0.325 e. The van der Waals surface area contributed by atoms with Crippen LogP contribution in [0, 0.1) is 0 Å². The molecular formula is C10H12ClN3O2. The van der Waals surface area contributed by atoms with Crippen LogP contribution in [0.5, 0.6) is 0 Å². The van der Waals surface area contributed by atoms with Crippen LogP contribution in [-0.4, -0.2) is 18.4 Å². The van der Waals surface area contributed by atoms with Gasteiger partial charge in [-0.05, 0) is 18.2 Å². The van der Waals surface area contributed by atoms with Gasteiger partial charge in [0, 0.05) is 12.6 Å². The molecule has 2 amide bonds. The highest BCUT2D eigenvalue weighted by molar-refractivity contribution is 6.33. The molecular weight excluding hydrogens is 230 g/mol. The van der Waals surface area contributed by atoms with E-state index in [0.717, 1.165) is 0 Å². The van der Waals surface area contributed by atoms with Crippen LogP contribution in [0.25, 0.3) is 0 Å². The zero-order valence-corrected chi connectivity index (χ0v) is 9.47. The van der Waals surface area contributed by atoms with E-state index in [1.807, 2.05) is 0 Å². The fourth-order valence-corrected chi connectivity index (χ4v) is 1.27. The van der Waals surface area contributed by atoms with Crippen molar-refractivity contribution < 1.29 is 9.59 Å². The first-order chi connectivity index (χ1) is 7.52. The standard InChI is InChI=1S/C10H12ClN3O2/c1-6(15)13-9-4-7(2-3-8(9)11)14-10(16)5-12/h2-4H,5,12H2,1H3,(H,13,15)(H,14,16). The lowest BCUT2D eigenvalue weighted by Crippen LogP contribution is -2.21. The van der Waals surface area contributed by atoms with Crippen molar-refractivity contribution in [1.82, 2.24) is 0 Å². The Morgan fingerprint density at radius 1 is 1.38 bits per heavy atom. The minimum Gasteiger partial charge on any atom is -0.325 e. The number of amides is 2. The molecule has 0 aromatic heterocycles. The van der Waals surface area contributed by atoms with Gasteiger partial charge >= 0.3 is 0 Å². The summed E-state index contributed by atoms with van der Waals surface area (Å²) in [5.41, 5.74) is 6.14. The molecule has 0 atom stereocenters. The summed E-state index contributed by atoms with van der Waals surface area (Å²) >= 11 is 5.86. The summed E-state index contributed by atoms with van der Waals surface area (Å²) in [6, 6.07) is 4.78. The number of carbonyl (C=O) groups is 2. The van der Waals surface area contributed by atoms with Gasteiger partial charge in [-0.2, -0.15) is 0 Å². The molecule has 5 nitrogen and oxygen atoms in total. The first-order valence-electron chi connectivity index (χ1n) is 4.60. The highest BCUT2D eigenvalue weighted by Gasteiger charge is 2.05. The van der Waals surface area contributed by atoms with Crippen molar-refractivity contribution >= 4 is 34.8 Å². The predicted molar refractivity (Wildman–Crippen MR) is 63.4 cm³/mol. The Kier molecular flexibility index (Phi) is 4.28. The van der Waals surface area contributed by atoms with Crippen molar-refractivity contribution in [2.75, 3.05) is 17.2 Å². The van der Waals surface area contributed by atoms with Crippen molar-refractivity contribution in [3.8, 4) is 0 Å². The number of nitrogens with one attached hydrogen (secondary N) is 2. The maximum absolute atomic E-state index is 11.0. The molecule has 0 saturated heterocycles. The third-order valence-electron chi connectivity index (χ3n) is 1.75. The van der Waals surface area contributed by atoms with Gasteiger partial charge in [-0.1, -0.05) is 11.6 Å². The highest BCUT2D eigenvalue weighted by Crippen LogP contribution is 2.25. The molecule has 16 heavy (non-hydrogen) atoms. The van der Waals surface area contributed by atoms with Crippen molar-refractivity contribution in [3.63, 3.8) is 0 Å². The summed E-state index contributed by atoms with van der Waals surface area (Å²) in [6.07, 6.45) is 0. The molecule has 0 aliphatic heterocycles. The Labute approximate surface area is 98.0 Å². The first kappa shape index (κ1) is 12.5. The summed E-state index contributed by atoms with van der Waals surface area (Å²) in [7, 11) is 0. The van der Waals surface area contributed by atoms with Gasteiger partial charge in [0.25, 0.3) is 0 Å². The molecule has 0 unspecified atom stereocenters. The Morgan fingerprint density at radius 2 is 2.06 bits per heavy atom. The van der Waals surface area contributed by atoms with E-state index in [2.05, 4.69) is 10.6 Å². The molecule has 0 aliphatic carbocycles. The van der Waals surface area contributed by atoms with E-state index in [1.165, 1.54) is 6.92 Å². The fraction of sp³-hybridized carbons (Fsp3) is 0.200. The molecule has 4 N–H and O–H groups in total. The lowest BCUT2D eigenvalue weighted by molar-refractivity contribution is -0.115. The average molecular weight is 242 g/mol. The molecule has 6 heteroatoms. The second-order valence-corrected chi connectivity index (χ2v) is 3.54. The van der Waals surface area contributed by atoms with Gasteiger partial charge in [0.1, 0.15) is 0 Å². The lowest BCUT2D eigenvalue weighted by Gasteiger charge is -2.08. The normalized spacial score (nSPS) is 9.69. The Bertz CT molecular complexity index is 421. The zero-order valence-electron chi connectivity index (χ0n) is 8.71. The summed E-state index contributed by atoms with van der Waals surface area (Å²) in [5, 5.41) is 5.51. The summed E-state index contributed by atoms with van der Waals surface area (Å²) in [5.74, 6) is -0.541. The van der Waals surface area contributed by atoms with Crippen LogP contribution in [0.4, 0.5) is 11.4 Å². The summed E-state index contributed by atoms with van der Waals surface area (Å²) in [4.78, 5) is 21.9. The molecule has 1 aromatic carbocycles. The molecule has 0 heterocycles. The Balaban J connectivity index is 2.88. The number of hydrogen-bond donors (Lipinski definition) is 3. The summed E-state index contributed by atoms with van der Waals surface area (Å²) < 4.78 is 0. The van der Waals surface area contributed by atoms with Gasteiger partial charge in [-0.25, -0.2) is 0 Å². The summed E-state index contributed by atoms with van der Waals surface area (Å²) in [6.45, 7) is 1.28. The third-order valence-corrected chi connectivity index (χ3v) is 2.08. The van der Waals surface area contributed by atoms with Crippen LogP contribution in [0.15, 0.2) is 18.2 Å². The van der Waals surface area contributed by atoms with Crippen LogP contribution >= 0.6 is 11.6 Å². The van der Waals surface area contributed by atoms with Crippen molar-refractivity contribution in [1.29, 1.82) is 0 Å². The number of halogens is 1. The van der Waals surface area contributed by atoms with Crippen LogP contribution in [-0.2, 0) is 9.59 Å². The predicted octanol–water partition coefficient (Wildman–Crippen LogP) is 1.20. The minimum atomic E-state index is -0.309. The molecule has 0 bridgehead atoms. The van der Waals surface area contributed by atoms with E-state index in [0.29, 0.717) is 16.4 Å². The molecule has 0 saturated carbocycles. The molecule has 0 fully saturated rings. The van der Waals surface area contributed by atoms with E-state index in [1.54, 1.807) is 18.2 Å². The van der Waals surface area contributed by atoms with Crippen LogP contribution in [0.1, 0.15) is 6.92 Å². The zero-order chi connectivity index (χ0) is 12.1. The molecule has 0 aliphatic rings. The van der Waals surface area contributed by atoms with Crippen LogP contribution in [0.3, 0.4) is 0 Å².